The van der Waals surface area contributed by atoms with Crippen LogP contribution in [0.15, 0.2) is 36.4 Å². The zero-order valence-corrected chi connectivity index (χ0v) is 13.3. The SMILES string of the molecule is CC(=O)[NH+](c1c(C)ccc2ccccc12)C1CCOC1=O.[Cl-]. The zero-order valence-electron chi connectivity index (χ0n) is 12.6. The molecule has 4 nitrogen and oxygen atoms in total. The van der Waals surface area contributed by atoms with E-state index in [4.69, 9.17) is 4.74 Å². The highest BCUT2D eigenvalue weighted by atomic mass is 35.5. The lowest BCUT2D eigenvalue weighted by Crippen LogP contribution is -3.14. The Balaban J connectivity index is 0.00000176. The van der Waals surface area contributed by atoms with Gasteiger partial charge in [-0.15, -0.1) is 0 Å². The van der Waals surface area contributed by atoms with E-state index >= 15 is 0 Å². The van der Waals surface area contributed by atoms with Crippen LogP contribution < -0.4 is 17.3 Å². The quantitative estimate of drug-likeness (QED) is 0.688. The molecule has 5 heteroatoms. The summed E-state index contributed by atoms with van der Waals surface area (Å²) < 4.78 is 5.06. The molecule has 3 rings (SSSR count). The highest BCUT2D eigenvalue weighted by Crippen LogP contribution is 2.25. The number of halogens is 1. The largest absolute Gasteiger partial charge is 1.00 e. The van der Waals surface area contributed by atoms with Gasteiger partial charge in [0.1, 0.15) is 5.69 Å². The minimum atomic E-state index is -0.438. The molecule has 0 radical (unpaired) electrons. The molecule has 0 bridgehead atoms. The van der Waals surface area contributed by atoms with E-state index in [1.54, 1.807) is 0 Å². The molecule has 1 amide bonds. The maximum absolute atomic E-state index is 12.2. The van der Waals surface area contributed by atoms with E-state index in [-0.39, 0.29) is 24.3 Å². The van der Waals surface area contributed by atoms with Crippen molar-refractivity contribution in [2.45, 2.75) is 26.3 Å². The molecule has 1 aliphatic rings. The third kappa shape index (κ3) is 2.72. The number of nitrogens with one attached hydrogen (secondary N) is 1. The van der Waals surface area contributed by atoms with Crippen LogP contribution in [0.4, 0.5) is 5.69 Å². The Bertz CT molecular complexity index is 729. The van der Waals surface area contributed by atoms with Gasteiger partial charge in [-0.25, -0.2) is 14.5 Å². The first kappa shape index (κ1) is 16.5. The van der Waals surface area contributed by atoms with E-state index < -0.39 is 6.04 Å². The second kappa shape index (κ2) is 6.46. The standard InChI is InChI=1S/C17H17NO3.ClH/c1-11-7-8-13-5-3-4-6-14(13)16(11)18(12(2)19)15-9-10-21-17(15)20;/h3-8,15H,9-10H2,1-2H3;1H. The maximum Gasteiger partial charge on any atom is 0.366 e. The van der Waals surface area contributed by atoms with E-state index in [1.165, 1.54) is 6.92 Å². The lowest BCUT2D eigenvalue weighted by atomic mass is 10.0. The number of amides is 1. The predicted octanol–water partition coefficient (Wildman–Crippen LogP) is -1.47. The van der Waals surface area contributed by atoms with Gasteiger partial charge in [0.05, 0.1) is 13.5 Å². The fourth-order valence-corrected chi connectivity index (χ4v) is 3.09. The van der Waals surface area contributed by atoms with Crippen LogP contribution in [-0.4, -0.2) is 24.5 Å². The van der Waals surface area contributed by atoms with E-state index in [0.29, 0.717) is 17.9 Å². The Labute approximate surface area is 135 Å². The molecule has 0 aliphatic carbocycles. The van der Waals surface area contributed by atoms with Crippen molar-refractivity contribution in [3.8, 4) is 0 Å². The van der Waals surface area contributed by atoms with Gasteiger partial charge in [0, 0.05) is 17.4 Å². The molecule has 0 saturated carbocycles. The molecule has 0 spiro atoms. The van der Waals surface area contributed by atoms with Gasteiger partial charge < -0.3 is 17.1 Å². The van der Waals surface area contributed by atoms with Crippen molar-refractivity contribution in [3.05, 3.63) is 42.0 Å². The zero-order chi connectivity index (χ0) is 15.0. The van der Waals surface area contributed by atoms with Crippen LogP contribution in [0, 0.1) is 6.92 Å². The molecule has 1 fully saturated rings. The third-order valence-corrected chi connectivity index (χ3v) is 4.07. The Hall–Kier alpha value is -1.91. The summed E-state index contributed by atoms with van der Waals surface area (Å²) in [5.74, 6) is -0.342. The van der Waals surface area contributed by atoms with Gasteiger partial charge in [-0.05, 0) is 18.4 Å². The number of aryl methyl sites for hydroxylation is 1. The first-order chi connectivity index (χ1) is 10.1. The number of ether oxygens (including phenoxy) is 1. The van der Waals surface area contributed by atoms with E-state index in [2.05, 4.69) is 0 Å². The third-order valence-electron chi connectivity index (χ3n) is 4.07. The van der Waals surface area contributed by atoms with E-state index in [0.717, 1.165) is 22.0 Å². The smallest absolute Gasteiger partial charge is 0.366 e. The number of esters is 1. The molecule has 2 unspecified atom stereocenters. The number of hydrogen-bond acceptors (Lipinski definition) is 3. The number of fused-ring (bicyclic) bond motifs is 1. The summed E-state index contributed by atoms with van der Waals surface area (Å²) in [4.78, 5) is 24.8. The van der Waals surface area contributed by atoms with Crippen LogP contribution in [0.2, 0.25) is 0 Å². The highest BCUT2D eigenvalue weighted by molar-refractivity contribution is 5.94. The summed E-state index contributed by atoms with van der Waals surface area (Å²) >= 11 is 0. The first-order valence-corrected chi connectivity index (χ1v) is 7.12. The number of rotatable bonds is 2. The van der Waals surface area contributed by atoms with E-state index in [1.807, 2.05) is 43.3 Å². The minimum absolute atomic E-state index is 0. The van der Waals surface area contributed by atoms with Crippen LogP contribution in [0.25, 0.3) is 10.8 Å². The lowest BCUT2D eigenvalue weighted by molar-refractivity contribution is -0.766. The summed E-state index contributed by atoms with van der Waals surface area (Å²) in [6.45, 7) is 3.90. The Morgan fingerprint density at radius 2 is 1.95 bits per heavy atom. The van der Waals surface area contributed by atoms with Crippen molar-refractivity contribution in [2.75, 3.05) is 6.61 Å². The maximum atomic E-state index is 12.2. The predicted molar refractivity (Wildman–Crippen MR) is 79.4 cm³/mol. The van der Waals surface area contributed by atoms with Crippen molar-refractivity contribution in [3.63, 3.8) is 0 Å². The molecule has 0 aromatic heterocycles. The van der Waals surface area contributed by atoms with Crippen molar-refractivity contribution >= 4 is 28.3 Å². The van der Waals surface area contributed by atoms with Crippen molar-refractivity contribution in [1.82, 2.24) is 0 Å². The molecular weight excluding hydrogens is 302 g/mol. The van der Waals surface area contributed by atoms with Gasteiger partial charge in [0.25, 0.3) is 0 Å². The molecule has 2 aromatic carbocycles. The number of benzene rings is 2. The molecule has 2 aromatic rings. The number of hydrogen-bond donors (Lipinski definition) is 1. The number of carbonyl (C=O) groups is 2. The first-order valence-electron chi connectivity index (χ1n) is 7.12. The van der Waals surface area contributed by atoms with Crippen LogP contribution in [0.5, 0.6) is 0 Å². The molecule has 1 N–H and O–H groups in total. The fraction of sp³-hybridized carbons (Fsp3) is 0.294. The summed E-state index contributed by atoms with van der Waals surface area (Å²) in [7, 11) is 0. The van der Waals surface area contributed by atoms with Gasteiger partial charge in [0.15, 0.2) is 0 Å². The number of quaternary nitrogens is 1. The molecule has 2 atom stereocenters. The second-order valence-corrected chi connectivity index (χ2v) is 5.46. The number of carbonyl (C=O) groups excluding carboxylic acids is 2. The van der Waals surface area contributed by atoms with Gasteiger partial charge >= 0.3 is 11.9 Å². The van der Waals surface area contributed by atoms with E-state index in [9.17, 15) is 9.59 Å². The van der Waals surface area contributed by atoms with Crippen molar-refractivity contribution in [2.24, 2.45) is 0 Å². The highest BCUT2D eigenvalue weighted by Gasteiger charge is 2.41. The average molecular weight is 320 g/mol. The Kier molecular flexibility index (Phi) is 4.84. The normalized spacial score (nSPS) is 18.6. The Morgan fingerprint density at radius 1 is 1.23 bits per heavy atom. The van der Waals surface area contributed by atoms with Gasteiger partial charge in [-0.2, -0.15) is 0 Å². The molecule has 1 aliphatic heterocycles. The van der Waals surface area contributed by atoms with Gasteiger partial charge in [-0.1, -0.05) is 30.3 Å². The minimum Gasteiger partial charge on any atom is -1.00 e. The van der Waals surface area contributed by atoms with Gasteiger partial charge in [-0.3, -0.25) is 0 Å². The molecular formula is C17H18ClNO3. The summed E-state index contributed by atoms with van der Waals surface area (Å²) in [6.07, 6.45) is 0.580. The van der Waals surface area contributed by atoms with Gasteiger partial charge in [0.2, 0.25) is 6.04 Å². The molecule has 22 heavy (non-hydrogen) atoms. The second-order valence-electron chi connectivity index (χ2n) is 5.46. The Morgan fingerprint density at radius 3 is 2.59 bits per heavy atom. The van der Waals surface area contributed by atoms with Crippen LogP contribution in [0.1, 0.15) is 18.9 Å². The summed E-state index contributed by atoms with van der Waals surface area (Å²) in [5.41, 5.74) is 1.91. The molecule has 1 heterocycles. The lowest BCUT2D eigenvalue weighted by Gasteiger charge is -2.22. The monoisotopic (exact) mass is 319 g/mol. The number of cyclic esters (lactones) is 1. The summed E-state index contributed by atoms with van der Waals surface area (Å²) in [5, 5.41) is 2.09. The van der Waals surface area contributed by atoms with Crippen LogP contribution >= 0.6 is 0 Å². The van der Waals surface area contributed by atoms with Crippen LogP contribution in [-0.2, 0) is 14.3 Å². The average Bonchev–Trinajstić information content (AvgIpc) is 2.87. The molecule has 116 valence electrons. The summed E-state index contributed by atoms with van der Waals surface area (Å²) in [6, 6.07) is 11.5. The van der Waals surface area contributed by atoms with Crippen molar-refractivity contribution in [1.29, 1.82) is 0 Å². The van der Waals surface area contributed by atoms with Crippen molar-refractivity contribution < 1.29 is 31.6 Å². The topological polar surface area (TPSA) is 47.8 Å². The molecule has 1 saturated heterocycles. The van der Waals surface area contributed by atoms with Crippen LogP contribution in [0.3, 0.4) is 0 Å². The fourth-order valence-electron chi connectivity index (χ4n) is 3.09.